The van der Waals surface area contributed by atoms with Gasteiger partial charge in [-0.3, -0.25) is 4.79 Å². The highest BCUT2D eigenvalue weighted by Crippen LogP contribution is 2.35. The fourth-order valence-electron chi connectivity index (χ4n) is 2.51. The molecule has 0 bridgehead atoms. The number of ketones is 1. The Kier molecular flexibility index (Phi) is 3.87. The molecule has 1 aromatic rings. The van der Waals surface area contributed by atoms with Gasteiger partial charge in [-0.15, -0.1) is 18.2 Å². The van der Waals surface area contributed by atoms with Gasteiger partial charge in [0.25, 0.3) is 0 Å². The molecule has 0 spiro atoms. The Labute approximate surface area is 113 Å². The van der Waals surface area contributed by atoms with E-state index in [1.807, 2.05) is 12.3 Å². The van der Waals surface area contributed by atoms with Gasteiger partial charge in [0.2, 0.25) is 0 Å². The Bertz CT molecular complexity index is 493. The van der Waals surface area contributed by atoms with E-state index in [0.717, 1.165) is 30.0 Å². The van der Waals surface area contributed by atoms with Gasteiger partial charge in [0.1, 0.15) is 0 Å². The molecule has 0 atom stereocenters. The van der Waals surface area contributed by atoms with Crippen LogP contribution in [0.5, 0.6) is 0 Å². The fraction of sp³-hybridized carbons (Fsp3) is 0.533. The van der Waals surface area contributed by atoms with Gasteiger partial charge >= 0.3 is 0 Å². The Morgan fingerprint density at radius 2 is 2.28 bits per heavy atom. The average molecular weight is 261 g/mol. The molecule has 0 aliphatic heterocycles. The van der Waals surface area contributed by atoms with Crippen molar-refractivity contribution in [2.24, 2.45) is 5.41 Å². The molecule has 0 radical (unpaired) electrons. The Balaban J connectivity index is 2.11. The largest absolute Gasteiger partial charge is 0.350 e. The lowest BCUT2D eigenvalue weighted by Gasteiger charge is -2.29. The molecule has 2 rings (SSSR count). The monoisotopic (exact) mass is 261 g/mol. The quantitative estimate of drug-likeness (QED) is 0.614. The zero-order chi connectivity index (χ0) is 13.2. The topological polar surface area (TPSA) is 22.0 Å². The molecular weight excluding hydrogens is 242 g/mol. The number of Topliss-reactive ketones (excluding diaryl/α,β-unsaturated/α-hetero) is 1. The predicted molar refractivity (Wildman–Crippen MR) is 77.0 cm³/mol. The number of aryl methyl sites for hydroxylation is 1. The van der Waals surface area contributed by atoms with E-state index in [2.05, 4.69) is 24.3 Å². The Morgan fingerprint density at radius 1 is 1.50 bits per heavy atom. The van der Waals surface area contributed by atoms with Crippen molar-refractivity contribution in [2.45, 2.75) is 33.2 Å². The third-order valence-corrected chi connectivity index (χ3v) is 4.17. The van der Waals surface area contributed by atoms with Crippen LogP contribution >= 0.6 is 11.8 Å². The standard InChI is InChI=1S/C15H19NOS/c1-4-8-18-9-7-16-6-5-12-13(16)10-15(2,3)11-14(12)17/h1,5-6H,7-11H2,2-3H3. The number of fused-ring (bicyclic) bond motifs is 1. The summed E-state index contributed by atoms with van der Waals surface area (Å²) in [4.78, 5) is 12.0. The lowest BCUT2D eigenvalue weighted by Crippen LogP contribution is -2.28. The van der Waals surface area contributed by atoms with Gasteiger partial charge in [0, 0.05) is 36.2 Å². The first kappa shape index (κ1) is 13.3. The summed E-state index contributed by atoms with van der Waals surface area (Å²) >= 11 is 1.76. The minimum Gasteiger partial charge on any atom is -0.350 e. The van der Waals surface area contributed by atoms with E-state index in [9.17, 15) is 4.79 Å². The van der Waals surface area contributed by atoms with E-state index in [-0.39, 0.29) is 11.2 Å². The summed E-state index contributed by atoms with van der Waals surface area (Å²) in [6.07, 6.45) is 8.92. The maximum Gasteiger partial charge on any atom is 0.165 e. The Hall–Kier alpha value is -1.14. The highest BCUT2D eigenvalue weighted by Gasteiger charge is 2.32. The maximum atomic E-state index is 12.0. The molecule has 0 unspecified atom stereocenters. The van der Waals surface area contributed by atoms with Crippen molar-refractivity contribution in [2.75, 3.05) is 11.5 Å². The summed E-state index contributed by atoms with van der Waals surface area (Å²) in [6.45, 7) is 5.27. The van der Waals surface area contributed by atoms with E-state index in [1.165, 1.54) is 5.69 Å². The molecule has 0 saturated carbocycles. The van der Waals surface area contributed by atoms with E-state index < -0.39 is 0 Å². The number of terminal acetylenes is 1. The van der Waals surface area contributed by atoms with E-state index in [1.54, 1.807) is 11.8 Å². The van der Waals surface area contributed by atoms with Crippen molar-refractivity contribution in [3.63, 3.8) is 0 Å². The number of thioether (sulfide) groups is 1. The zero-order valence-corrected chi connectivity index (χ0v) is 11.8. The summed E-state index contributed by atoms with van der Waals surface area (Å²) in [6, 6.07) is 1.97. The number of hydrogen-bond acceptors (Lipinski definition) is 2. The number of rotatable bonds is 4. The van der Waals surface area contributed by atoms with Gasteiger partial charge in [0.05, 0.1) is 5.75 Å². The highest BCUT2D eigenvalue weighted by atomic mass is 32.2. The lowest BCUT2D eigenvalue weighted by molar-refractivity contribution is 0.0910. The molecule has 1 aliphatic carbocycles. The molecule has 0 amide bonds. The smallest absolute Gasteiger partial charge is 0.165 e. The number of nitrogens with zero attached hydrogens (tertiary/aromatic N) is 1. The van der Waals surface area contributed by atoms with Crippen LogP contribution in [0.4, 0.5) is 0 Å². The summed E-state index contributed by atoms with van der Waals surface area (Å²) in [7, 11) is 0. The molecular formula is C15H19NOS. The van der Waals surface area contributed by atoms with Crippen LogP contribution in [0.2, 0.25) is 0 Å². The normalized spacial score (nSPS) is 17.3. The molecule has 0 aromatic carbocycles. The van der Waals surface area contributed by atoms with E-state index in [4.69, 9.17) is 6.42 Å². The van der Waals surface area contributed by atoms with Crippen LogP contribution in [-0.2, 0) is 13.0 Å². The molecule has 0 saturated heterocycles. The van der Waals surface area contributed by atoms with Crippen LogP contribution in [0.3, 0.4) is 0 Å². The molecule has 2 nitrogen and oxygen atoms in total. The first-order valence-corrected chi connectivity index (χ1v) is 7.41. The van der Waals surface area contributed by atoms with Crippen LogP contribution in [0, 0.1) is 17.8 Å². The molecule has 96 valence electrons. The van der Waals surface area contributed by atoms with Gasteiger partial charge in [0.15, 0.2) is 5.78 Å². The van der Waals surface area contributed by atoms with Crippen molar-refractivity contribution >= 4 is 17.5 Å². The van der Waals surface area contributed by atoms with Crippen LogP contribution in [0.15, 0.2) is 12.3 Å². The third-order valence-electron chi connectivity index (χ3n) is 3.33. The first-order valence-electron chi connectivity index (χ1n) is 6.26. The van der Waals surface area contributed by atoms with Crippen LogP contribution < -0.4 is 0 Å². The van der Waals surface area contributed by atoms with Gasteiger partial charge in [-0.2, -0.15) is 0 Å². The summed E-state index contributed by atoms with van der Waals surface area (Å²) in [5.74, 6) is 4.68. The van der Waals surface area contributed by atoms with Crippen LogP contribution in [0.1, 0.15) is 36.3 Å². The molecule has 0 N–H and O–H groups in total. The predicted octanol–water partition coefficient (Wildman–Crippen LogP) is 3.01. The number of carbonyl (C=O) groups is 1. The third kappa shape index (κ3) is 2.81. The van der Waals surface area contributed by atoms with Crippen molar-refractivity contribution in [1.82, 2.24) is 4.57 Å². The van der Waals surface area contributed by atoms with E-state index in [0.29, 0.717) is 6.42 Å². The van der Waals surface area contributed by atoms with Gasteiger partial charge in [-0.05, 0) is 17.9 Å². The summed E-state index contributed by atoms with van der Waals surface area (Å²) in [5.41, 5.74) is 2.22. The minimum absolute atomic E-state index is 0.0894. The van der Waals surface area contributed by atoms with Crippen molar-refractivity contribution < 1.29 is 4.79 Å². The van der Waals surface area contributed by atoms with Crippen LogP contribution in [0.25, 0.3) is 0 Å². The van der Waals surface area contributed by atoms with Crippen molar-refractivity contribution in [3.05, 3.63) is 23.5 Å². The Morgan fingerprint density at radius 3 is 3.00 bits per heavy atom. The second-order valence-electron chi connectivity index (χ2n) is 5.57. The molecule has 0 fully saturated rings. The maximum absolute atomic E-state index is 12.0. The lowest BCUT2D eigenvalue weighted by atomic mass is 9.76. The highest BCUT2D eigenvalue weighted by molar-refractivity contribution is 7.99. The SMILES string of the molecule is C#CCSCCn1ccc2c1CC(C)(C)CC2=O. The van der Waals surface area contributed by atoms with Crippen molar-refractivity contribution in [1.29, 1.82) is 0 Å². The van der Waals surface area contributed by atoms with E-state index >= 15 is 0 Å². The minimum atomic E-state index is 0.0894. The van der Waals surface area contributed by atoms with Gasteiger partial charge in [-0.1, -0.05) is 19.8 Å². The van der Waals surface area contributed by atoms with Gasteiger partial charge in [-0.25, -0.2) is 0 Å². The second-order valence-corrected chi connectivity index (χ2v) is 6.67. The molecule has 18 heavy (non-hydrogen) atoms. The molecule has 1 aliphatic rings. The summed E-state index contributed by atoms with van der Waals surface area (Å²) in [5, 5.41) is 0. The number of aromatic nitrogens is 1. The molecule has 1 aromatic heterocycles. The fourth-order valence-corrected chi connectivity index (χ4v) is 3.09. The van der Waals surface area contributed by atoms with Crippen molar-refractivity contribution in [3.8, 4) is 12.3 Å². The average Bonchev–Trinajstić information content (AvgIpc) is 2.66. The number of carbonyl (C=O) groups excluding carboxylic acids is 1. The van der Waals surface area contributed by atoms with Gasteiger partial charge < -0.3 is 4.57 Å². The summed E-state index contributed by atoms with van der Waals surface area (Å²) < 4.78 is 2.22. The number of hydrogen-bond donors (Lipinski definition) is 0. The second kappa shape index (κ2) is 5.24. The van der Waals surface area contributed by atoms with Crippen LogP contribution in [-0.4, -0.2) is 21.9 Å². The molecule has 1 heterocycles. The first-order chi connectivity index (χ1) is 8.53. The zero-order valence-electron chi connectivity index (χ0n) is 11.0. The molecule has 3 heteroatoms.